The molecule has 1 rings (SSSR count). The molecule has 0 aromatic heterocycles. The molecule has 1 heterocycles. The van der Waals surface area contributed by atoms with E-state index in [2.05, 4.69) is 5.32 Å². The number of likely N-dealkylation sites (tertiary alicyclic amines) is 1. The van der Waals surface area contributed by atoms with E-state index in [1.165, 1.54) is 0 Å². The predicted molar refractivity (Wildman–Crippen MR) is 62.8 cm³/mol. The third kappa shape index (κ3) is 3.36. The average molecular weight is 224 g/mol. The van der Waals surface area contributed by atoms with Gasteiger partial charge in [0, 0.05) is 26.6 Å². The molecule has 0 aromatic rings. The fraction of sp³-hybridized carbons (Fsp3) is 0.667. The molecule has 0 unspecified atom stereocenters. The molecule has 2 amide bonds. The van der Waals surface area contributed by atoms with Crippen molar-refractivity contribution >= 4 is 11.8 Å². The van der Waals surface area contributed by atoms with Gasteiger partial charge in [0.05, 0.1) is 5.92 Å². The van der Waals surface area contributed by atoms with Crippen LogP contribution < -0.4 is 5.32 Å². The highest BCUT2D eigenvalue weighted by atomic mass is 16.2. The van der Waals surface area contributed by atoms with Crippen molar-refractivity contribution < 1.29 is 9.59 Å². The Morgan fingerprint density at radius 2 is 2.19 bits per heavy atom. The summed E-state index contributed by atoms with van der Waals surface area (Å²) in [5.74, 6) is 0.139. The molecule has 1 N–H and O–H groups in total. The van der Waals surface area contributed by atoms with Gasteiger partial charge in [-0.2, -0.15) is 0 Å². The zero-order valence-electron chi connectivity index (χ0n) is 10.0. The molecule has 0 saturated carbocycles. The van der Waals surface area contributed by atoms with Crippen LogP contribution in [0.25, 0.3) is 0 Å². The average Bonchev–Trinajstić information content (AvgIpc) is 2.77. The molecular formula is C12H20N2O2. The molecule has 1 saturated heterocycles. The second-order valence-corrected chi connectivity index (χ2v) is 4.02. The van der Waals surface area contributed by atoms with E-state index in [1.807, 2.05) is 19.1 Å². The van der Waals surface area contributed by atoms with E-state index in [0.29, 0.717) is 19.5 Å². The van der Waals surface area contributed by atoms with Gasteiger partial charge in [-0.15, -0.1) is 0 Å². The lowest BCUT2D eigenvalue weighted by Gasteiger charge is -2.15. The molecule has 1 fully saturated rings. The summed E-state index contributed by atoms with van der Waals surface area (Å²) in [7, 11) is 1.64. The Morgan fingerprint density at radius 1 is 1.44 bits per heavy atom. The van der Waals surface area contributed by atoms with Gasteiger partial charge in [0.2, 0.25) is 11.8 Å². The monoisotopic (exact) mass is 224 g/mol. The van der Waals surface area contributed by atoms with Crippen LogP contribution in [0.15, 0.2) is 12.2 Å². The second-order valence-electron chi connectivity index (χ2n) is 4.02. The minimum absolute atomic E-state index is 0.0240. The number of allylic oxidation sites excluding steroid dienone is 1. The molecule has 1 aliphatic rings. The summed E-state index contributed by atoms with van der Waals surface area (Å²) in [6, 6.07) is 0. The number of carbonyl (C=O) groups excluding carboxylic acids is 2. The zero-order chi connectivity index (χ0) is 12.0. The van der Waals surface area contributed by atoms with E-state index in [0.717, 1.165) is 12.8 Å². The number of nitrogens with one attached hydrogen (secondary N) is 1. The normalized spacial score (nSPS) is 20.4. The van der Waals surface area contributed by atoms with Crippen LogP contribution in [0.4, 0.5) is 0 Å². The minimum atomic E-state index is -0.0240. The largest absolute Gasteiger partial charge is 0.359 e. The summed E-state index contributed by atoms with van der Waals surface area (Å²) in [5.41, 5.74) is 0. The summed E-state index contributed by atoms with van der Waals surface area (Å²) in [6.45, 7) is 3.31. The Balaban J connectivity index is 2.37. The Hall–Kier alpha value is -1.32. The standard InChI is InChI=1S/C12H20N2O2/c1-3-4-5-6-11(15)14-8-7-10(9-14)12(16)13-2/h4-5,10H,3,6-9H2,1-2H3,(H,13,16)/b5-4+/t10-/m1/s1. The van der Waals surface area contributed by atoms with Crippen LogP contribution in [0.5, 0.6) is 0 Å². The van der Waals surface area contributed by atoms with Crippen LogP contribution in [0.3, 0.4) is 0 Å². The van der Waals surface area contributed by atoms with Gasteiger partial charge in [-0.05, 0) is 12.8 Å². The van der Waals surface area contributed by atoms with Crippen molar-refractivity contribution in [3.05, 3.63) is 12.2 Å². The lowest BCUT2D eigenvalue weighted by atomic mass is 10.1. The molecule has 1 atom stereocenters. The van der Waals surface area contributed by atoms with Gasteiger partial charge in [0.1, 0.15) is 0 Å². The number of carbonyl (C=O) groups is 2. The van der Waals surface area contributed by atoms with E-state index < -0.39 is 0 Å². The van der Waals surface area contributed by atoms with Crippen molar-refractivity contribution in [2.24, 2.45) is 5.92 Å². The van der Waals surface area contributed by atoms with Gasteiger partial charge < -0.3 is 10.2 Å². The molecule has 0 aromatic carbocycles. The van der Waals surface area contributed by atoms with Gasteiger partial charge in [-0.3, -0.25) is 9.59 Å². The van der Waals surface area contributed by atoms with Crippen molar-refractivity contribution in [2.45, 2.75) is 26.2 Å². The lowest BCUT2D eigenvalue weighted by molar-refractivity contribution is -0.129. The Labute approximate surface area is 96.7 Å². The maximum absolute atomic E-state index is 11.7. The second kappa shape index (κ2) is 6.30. The first-order valence-corrected chi connectivity index (χ1v) is 5.83. The van der Waals surface area contributed by atoms with E-state index in [-0.39, 0.29) is 17.7 Å². The van der Waals surface area contributed by atoms with Crippen molar-refractivity contribution in [1.82, 2.24) is 10.2 Å². The maximum Gasteiger partial charge on any atom is 0.226 e. The van der Waals surface area contributed by atoms with Crippen molar-refractivity contribution in [3.63, 3.8) is 0 Å². The van der Waals surface area contributed by atoms with Crippen molar-refractivity contribution in [3.8, 4) is 0 Å². The Kier molecular flexibility index (Phi) is 5.02. The molecule has 4 heteroatoms. The molecule has 0 bridgehead atoms. The van der Waals surface area contributed by atoms with Crippen LogP contribution in [0.2, 0.25) is 0 Å². The van der Waals surface area contributed by atoms with Crippen LogP contribution in [-0.4, -0.2) is 36.9 Å². The van der Waals surface area contributed by atoms with E-state index in [1.54, 1.807) is 11.9 Å². The summed E-state index contributed by atoms with van der Waals surface area (Å²) in [6.07, 6.45) is 6.07. The predicted octanol–water partition coefficient (Wildman–Crippen LogP) is 0.937. The van der Waals surface area contributed by atoms with Crippen LogP contribution in [0.1, 0.15) is 26.2 Å². The number of hydrogen-bond acceptors (Lipinski definition) is 2. The molecule has 90 valence electrons. The van der Waals surface area contributed by atoms with Crippen molar-refractivity contribution in [2.75, 3.05) is 20.1 Å². The van der Waals surface area contributed by atoms with Gasteiger partial charge in [0.25, 0.3) is 0 Å². The highest BCUT2D eigenvalue weighted by molar-refractivity contribution is 5.82. The Bertz CT molecular complexity index is 287. The number of nitrogens with zero attached hydrogens (tertiary/aromatic N) is 1. The van der Waals surface area contributed by atoms with Gasteiger partial charge >= 0.3 is 0 Å². The molecule has 0 spiro atoms. The topological polar surface area (TPSA) is 49.4 Å². The van der Waals surface area contributed by atoms with Crippen LogP contribution in [-0.2, 0) is 9.59 Å². The van der Waals surface area contributed by atoms with E-state index in [4.69, 9.17) is 0 Å². The highest BCUT2D eigenvalue weighted by Gasteiger charge is 2.29. The SMILES string of the molecule is CC/C=C/CC(=O)N1CC[C@@H](C(=O)NC)C1. The maximum atomic E-state index is 11.7. The molecule has 16 heavy (non-hydrogen) atoms. The summed E-state index contributed by atoms with van der Waals surface area (Å²) >= 11 is 0. The van der Waals surface area contributed by atoms with Gasteiger partial charge in [-0.25, -0.2) is 0 Å². The quantitative estimate of drug-likeness (QED) is 0.722. The number of rotatable bonds is 4. The molecule has 0 aliphatic carbocycles. The Morgan fingerprint density at radius 3 is 2.81 bits per heavy atom. The summed E-state index contributed by atoms with van der Waals surface area (Å²) in [5, 5.41) is 2.63. The summed E-state index contributed by atoms with van der Waals surface area (Å²) in [4.78, 5) is 24.9. The summed E-state index contributed by atoms with van der Waals surface area (Å²) < 4.78 is 0. The number of amides is 2. The fourth-order valence-electron chi connectivity index (χ4n) is 1.88. The third-order valence-corrected chi connectivity index (χ3v) is 2.85. The first-order chi connectivity index (χ1) is 7.69. The molecular weight excluding hydrogens is 204 g/mol. The van der Waals surface area contributed by atoms with Crippen LogP contribution in [0, 0.1) is 5.92 Å². The van der Waals surface area contributed by atoms with Gasteiger partial charge in [0.15, 0.2) is 0 Å². The molecule has 0 radical (unpaired) electrons. The fourth-order valence-corrected chi connectivity index (χ4v) is 1.88. The first kappa shape index (κ1) is 12.7. The minimum Gasteiger partial charge on any atom is -0.359 e. The molecule has 1 aliphatic heterocycles. The molecule has 4 nitrogen and oxygen atoms in total. The lowest BCUT2D eigenvalue weighted by Crippen LogP contribution is -2.32. The first-order valence-electron chi connectivity index (χ1n) is 5.83. The van der Waals surface area contributed by atoms with Crippen LogP contribution >= 0.6 is 0 Å². The van der Waals surface area contributed by atoms with E-state index >= 15 is 0 Å². The van der Waals surface area contributed by atoms with Crippen molar-refractivity contribution in [1.29, 1.82) is 0 Å². The third-order valence-electron chi connectivity index (χ3n) is 2.85. The zero-order valence-corrected chi connectivity index (χ0v) is 10.0. The van der Waals surface area contributed by atoms with Gasteiger partial charge in [-0.1, -0.05) is 19.1 Å². The highest BCUT2D eigenvalue weighted by Crippen LogP contribution is 2.17. The number of hydrogen-bond donors (Lipinski definition) is 1. The van der Waals surface area contributed by atoms with E-state index in [9.17, 15) is 9.59 Å². The smallest absolute Gasteiger partial charge is 0.226 e.